The second-order valence-electron chi connectivity index (χ2n) is 27.8. The molecule has 0 bridgehead atoms. The monoisotopic (exact) mass is 875 g/mol. The Balaban J connectivity index is 1.28. The van der Waals surface area contributed by atoms with Crippen molar-refractivity contribution in [2.75, 3.05) is 9.71 Å². The van der Waals surface area contributed by atoms with E-state index in [4.69, 9.17) is 0 Å². The zero-order chi connectivity index (χ0) is 47.3. The lowest BCUT2D eigenvalue weighted by molar-refractivity contribution is 0.332. The Labute approximate surface area is 400 Å². The zero-order valence-electron chi connectivity index (χ0n) is 44.1. The van der Waals surface area contributed by atoms with Gasteiger partial charge in [-0.25, -0.2) is 0 Å². The maximum absolute atomic E-state index is 2.86. The third-order valence-electron chi connectivity index (χ3n) is 19.3. The highest BCUT2D eigenvalue weighted by Gasteiger charge is 2.50. The molecule has 0 atom stereocenters. The van der Waals surface area contributed by atoms with Crippen LogP contribution in [0.25, 0.3) is 11.1 Å². The van der Waals surface area contributed by atoms with E-state index in [0.717, 1.165) is 0 Å². The average molecular weight is 875 g/mol. The van der Waals surface area contributed by atoms with E-state index < -0.39 is 0 Å². The van der Waals surface area contributed by atoms with Gasteiger partial charge in [-0.2, -0.15) is 0 Å². The first kappa shape index (κ1) is 44.3. The molecule has 0 N–H and O–H groups in total. The first-order chi connectivity index (χ1) is 30.5. The van der Waals surface area contributed by atoms with Crippen molar-refractivity contribution in [3.05, 3.63) is 123 Å². The predicted molar refractivity (Wildman–Crippen MR) is 286 cm³/mol. The van der Waals surface area contributed by atoms with Crippen LogP contribution in [0, 0.1) is 6.92 Å². The van der Waals surface area contributed by atoms with E-state index in [0.29, 0.717) is 0 Å². The number of anilines is 5. The van der Waals surface area contributed by atoms with Gasteiger partial charge in [0.25, 0.3) is 0 Å². The second-order valence-corrected chi connectivity index (χ2v) is 27.8. The average Bonchev–Trinajstić information content (AvgIpc) is 3.24. The Morgan fingerprint density at radius 1 is 0.348 bits per heavy atom. The van der Waals surface area contributed by atoms with E-state index in [1.165, 1.54) is 152 Å². The summed E-state index contributed by atoms with van der Waals surface area (Å²) < 4.78 is 0. The highest BCUT2D eigenvalue weighted by Crippen LogP contribution is 2.57. The largest absolute Gasteiger partial charge is 0.376 e. The Kier molecular flexibility index (Phi) is 9.06. The molecular formula is C63H79BN2. The minimum absolute atomic E-state index is 0.0102. The molecule has 2 nitrogen and oxygen atoms in total. The van der Waals surface area contributed by atoms with E-state index in [-0.39, 0.29) is 50.2 Å². The van der Waals surface area contributed by atoms with Gasteiger partial charge in [-0.1, -0.05) is 135 Å². The van der Waals surface area contributed by atoms with Crippen LogP contribution in [0.3, 0.4) is 0 Å². The molecule has 3 heteroatoms. The number of rotatable bonds is 2. The van der Waals surface area contributed by atoms with Crippen LogP contribution >= 0.6 is 0 Å². The maximum atomic E-state index is 2.86. The van der Waals surface area contributed by atoms with Gasteiger partial charge < -0.3 is 9.71 Å². The van der Waals surface area contributed by atoms with Gasteiger partial charge in [0, 0.05) is 34.0 Å². The van der Waals surface area contributed by atoms with Crippen molar-refractivity contribution in [3.8, 4) is 11.1 Å². The van der Waals surface area contributed by atoms with Crippen LogP contribution in [0.5, 0.6) is 0 Å². The van der Waals surface area contributed by atoms with Gasteiger partial charge in [0.1, 0.15) is 0 Å². The van der Waals surface area contributed by atoms with Crippen LogP contribution in [-0.2, 0) is 43.3 Å². The number of hydrogen-bond acceptors (Lipinski definition) is 2. The summed E-state index contributed by atoms with van der Waals surface area (Å²) in [6, 6.07) is 31.2. The molecule has 11 rings (SSSR count). The summed E-state index contributed by atoms with van der Waals surface area (Å²) in [5, 5.41) is 0. The van der Waals surface area contributed by atoms with Gasteiger partial charge in [-0.3, -0.25) is 0 Å². The van der Waals surface area contributed by atoms with Crippen molar-refractivity contribution < 1.29 is 0 Å². The molecule has 0 fully saturated rings. The normalized spacial score (nSPS) is 23.3. The van der Waals surface area contributed by atoms with Gasteiger partial charge in [0.2, 0.25) is 0 Å². The van der Waals surface area contributed by atoms with Crippen LogP contribution in [0.4, 0.5) is 28.4 Å². The lowest BCUT2D eigenvalue weighted by Crippen LogP contribution is -2.62. The predicted octanol–water partition coefficient (Wildman–Crippen LogP) is 16.1. The lowest BCUT2D eigenvalue weighted by Gasteiger charge is -2.50. The molecule has 66 heavy (non-hydrogen) atoms. The summed E-state index contributed by atoms with van der Waals surface area (Å²) in [5.74, 6) is 0. The molecule has 4 aliphatic carbocycles. The van der Waals surface area contributed by atoms with Crippen molar-refractivity contribution in [2.24, 2.45) is 0 Å². The quantitative estimate of drug-likeness (QED) is 0.163. The summed E-state index contributed by atoms with van der Waals surface area (Å²) in [5.41, 5.74) is 26.7. The van der Waals surface area contributed by atoms with Gasteiger partial charge in [-0.05, 0) is 217 Å². The lowest BCUT2D eigenvalue weighted by atomic mass is 9.42. The first-order valence-electron chi connectivity index (χ1n) is 26.0. The highest BCUT2D eigenvalue weighted by atomic mass is 15.2. The smallest absolute Gasteiger partial charge is 0.333 e. The standard InChI is InChI=1S/C63H79BN2/c1-38-30-42-41-34-47-49(62(14,15)28-26-60(47,10)11)36-52(41)66(40-19-21-44-46(33-40)59(8,9)25-23-57(44,4)5)64-51-35-48-50(63(16,17)29-27-61(48,12)13)37-53(51)65(54(31-38)55(42)64)39-18-20-43-45(32-39)58(6,7)24-22-56(43,2)3/h18-21,30-37H,22-29H2,1-17H3. The van der Waals surface area contributed by atoms with E-state index in [2.05, 4.69) is 200 Å². The Morgan fingerprint density at radius 2 is 0.727 bits per heavy atom. The first-order valence-corrected chi connectivity index (χ1v) is 26.0. The maximum Gasteiger partial charge on any atom is 0.333 e. The Morgan fingerprint density at radius 3 is 1.21 bits per heavy atom. The van der Waals surface area contributed by atoms with E-state index in [1.54, 1.807) is 0 Å². The number of benzene rings is 5. The van der Waals surface area contributed by atoms with Crippen molar-refractivity contribution in [1.82, 2.24) is 0 Å². The van der Waals surface area contributed by atoms with Crippen LogP contribution in [-0.4, -0.2) is 6.85 Å². The Bertz CT molecular complexity index is 2910. The van der Waals surface area contributed by atoms with E-state index in [9.17, 15) is 0 Å². The summed E-state index contributed by atoms with van der Waals surface area (Å²) in [4.78, 5) is 5.59. The number of hydrogen-bond donors (Lipinski definition) is 0. The molecule has 0 aromatic heterocycles. The van der Waals surface area contributed by atoms with Crippen molar-refractivity contribution >= 4 is 46.2 Å². The van der Waals surface area contributed by atoms with Crippen molar-refractivity contribution in [2.45, 2.75) is 212 Å². The summed E-state index contributed by atoms with van der Waals surface area (Å²) in [6.07, 6.45) is 9.60. The van der Waals surface area contributed by atoms with Gasteiger partial charge >= 0.3 is 6.85 Å². The Hall–Kier alpha value is -4.24. The molecule has 2 aliphatic heterocycles. The molecule has 0 saturated carbocycles. The molecule has 0 saturated heterocycles. The van der Waals surface area contributed by atoms with E-state index in [1.807, 2.05) is 0 Å². The molecule has 344 valence electrons. The third-order valence-corrected chi connectivity index (χ3v) is 19.3. The van der Waals surface area contributed by atoms with Crippen LogP contribution in [0.15, 0.2) is 72.8 Å². The van der Waals surface area contributed by atoms with E-state index >= 15 is 0 Å². The fourth-order valence-electron chi connectivity index (χ4n) is 14.2. The molecule has 5 aromatic rings. The van der Waals surface area contributed by atoms with Crippen molar-refractivity contribution in [1.29, 1.82) is 0 Å². The minimum atomic E-state index is -0.0102. The zero-order valence-corrected chi connectivity index (χ0v) is 44.1. The highest BCUT2D eigenvalue weighted by molar-refractivity contribution is 6.93. The fourth-order valence-corrected chi connectivity index (χ4v) is 14.2. The second kappa shape index (κ2) is 13.5. The molecular weight excluding hydrogens is 796 g/mol. The molecule has 6 aliphatic rings. The number of nitrogens with zero attached hydrogens (tertiary/aromatic N) is 2. The third kappa shape index (κ3) is 6.25. The molecule has 5 aromatic carbocycles. The fraction of sp³-hybridized carbons (Fsp3) is 0.524. The topological polar surface area (TPSA) is 6.48 Å². The summed E-state index contributed by atoms with van der Waals surface area (Å²) in [7, 11) is 0. The number of aryl methyl sites for hydroxylation is 1. The van der Waals surface area contributed by atoms with Crippen LogP contribution in [0.2, 0.25) is 0 Å². The number of fused-ring (bicyclic) bond motifs is 8. The minimum Gasteiger partial charge on any atom is -0.376 e. The summed E-state index contributed by atoms with van der Waals surface area (Å²) >= 11 is 0. The molecule has 0 unspecified atom stereocenters. The van der Waals surface area contributed by atoms with Gasteiger partial charge in [0.05, 0.1) is 0 Å². The SMILES string of the molecule is Cc1cc2c3c(c1)N(c1ccc4c(c1)C(C)(C)CCC4(C)C)c1cc4c(cc1B3N(c1ccc3c(c1)C(C)(C)CCC3(C)C)c1cc3c(cc1-2)C(C)(C)CCC3(C)C)C(C)(C)CCC4(C)C. The van der Waals surface area contributed by atoms with Crippen LogP contribution in [0.1, 0.15) is 212 Å². The van der Waals surface area contributed by atoms with Crippen LogP contribution < -0.4 is 20.6 Å². The molecule has 0 radical (unpaired) electrons. The molecule has 0 amide bonds. The van der Waals surface area contributed by atoms with Gasteiger partial charge in [0.15, 0.2) is 0 Å². The van der Waals surface area contributed by atoms with Crippen molar-refractivity contribution in [3.63, 3.8) is 0 Å². The van der Waals surface area contributed by atoms with Gasteiger partial charge in [-0.15, -0.1) is 0 Å². The molecule has 0 spiro atoms. The summed E-state index contributed by atoms with van der Waals surface area (Å²) in [6.45, 7) is 42.2. The molecule has 2 heterocycles.